The van der Waals surface area contributed by atoms with Gasteiger partial charge in [-0.2, -0.15) is 0 Å². The first-order valence-corrected chi connectivity index (χ1v) is 10.3. The van der Waals surface area contributed by atoms with Gasteiger partial charge in [0.1, 0.15) is 8.07 Å². The number of benzene rings is 2. The van der Waals surface area contributed by atoms with Gasteiger partial charge in [0.15, 0.2) is 0 Å². The van der Waals surface area contributed by atoms with Gasteiger partial charge in [-0.3, -0.25) is 0 Å². The van der Waals surface area contributed by atoms with Gasteiger partial charge in [-0.15, -0.1) is 0 Å². The zero-order valence-corrected chi connectivity index (χ0v) is 15.5. The number of alkyl halides is 1. The average Bonchev–Trinajstić information content (AvgIpc) is 2.48. The van der Waals surface area contributed by atoms with Crippen LogP contribution in [0.25, 0.3) is 0 Å². The van der Waals surface area contributed by atoms with Crippen LogP contribution in [0.1, 0.15) is 20.8 Å². The molecule has 2 rings (SSSR count). The fraction of sp³-hybridized carbons (Fsp3) is 0.333. The molecule has 0 amide bonds. The van der Waals surface area contributed by atoms with Crippen molar-refractivity contribution in [2.75, 3.05) is 6.61 Å². The summed E-state index contributed by atoms with van der Waals surface area (Å²) in [4.78, 5) is 0. The van der Waals surface area contributed by atoms with E-state index in [0.29, 0.717) is 0 Å². The van der Waals surface area contributed by atoms with Crippen LogP contribution in [0.15, 0.2) is 60.7 Å². The molecule has 1 unspecified atom stereocenters. The molecule has 0 bridgehead atoms. The van der Waals surface area contributed by atoms with Gasteiger partial charge < -0.3 is 5.11 Å². The van der Waals surface area contributed by atoms with E-state index in [1.165, 1.54) is 10.4 Å². The molecule has 0 aliphatic heterocycles. The summed E-state index contributed by atoms with van der Waals surface area (Å²) in [6, 6.07) is 21.4. The Balaban J connectivity index is 2.79. The Kier molecular flexibility index (Phi) is 5.07. The number of rotatable bonds is 4. The summed E-state index contributed by atoms with van der Waals surface area (Å²) in [5, 5.41) is 12.7. The molecule has 0 saturated carbocycles. The number of halogens is 1. The van der Waals surface area contributed by atoms with E-state index < -0.39 is 8.07 Å². The molecule has 1 N–H and O–H groups in total. The predicted molar refractivity (Wildman–Crippen MR) is 97.4 cm³/mol. The van der Waals surface area contributed by atoms with E-state index in [0.717, 1.165) is 0 Å². The third-order valence-electron chi connectivity index (χ3n) is 4.27. The number of hydrogen-bond acceptors (Lipinski definition) is 1. The molecule has 1 atom stereocenters. The van der Waals surface area contributed by atoms with Crippen molar-refractivity contribution in [2.24, 2.45) is 0 Å². The number of aliphatic hydroxyl groups excluding tert-OH is 1. The van der Waals surface area contributed by atoms with E-state index in [4.69, 9.17) is 0 Å². The zero-order chi connectivity index (χ0) is 15.5. The Morgan fingerprint density at radius 1 is 0.905 bits per heavy atom. The van der Waals surface area contributed by atoms with Crippen molar-refractivity contribution in [3.8, 4) is 0 Å². The summed E-state index contributed by atoms with van der Waals surface area (Å²) in [7, 11) is -2.19. The van der Waals surface area contributed by atoms with Crippen molar-refractivity contribution in [3.05, 3.63) is 60.7 Å². The second kappa shape index (κ2) is 6.47. The molecule has 0 heterocycles. The summed E-state index contributed by atoms with van der Waals surface area (Å²) < 4.78 is 0.0785. The normalized spacial score (nSPS) is 14.0. The van der Waals surface area contributed by atoms with Crippen LogP contribution in [-0.4, -0.2) is 24.2 Å². The van der Waals surface area contributed by atoms with Crippen LogP contribution < -0.4 is 10.4 Å². The number of aliphatic hydroxyl groups is 1. The van der Waals surface area contributed by atoms with Crippen LogP contribution in [-0.2, 0) is 0 Å². The first-order valence-electron chi connectivity index (χ1n) is 7.30. The average molecular weight is 363 g/mol. The zero-order valence-electron chi connectivity index (χ0n) is 12.9. The lowest BCUT2D eigenvalue weighted by Crippen LogP contribution is -2.70. The fourth-order valence-corrected chi connectivity index (χ4v) is 12.5. The highest BCUT2D eigenvalue weighted by Crippen LogP contribution is 2.40. The SMILES string of the molecule is CC(C)(C)[Si](c1ccccc1)(c1ccccc1)C(Br)CO. The minimum Gasteiger partial charge on any atom is -0.395 e. The van der Waals surface area contributed by atoms with Crippen LogP contribution >= 0.6 is 15.9 Å². The van der Waals surface area contributed by atoms with Gasteiger partial charge in [0.25, 0.3) is 0 Å². The second-order valence-corrected chi connectivity index (χ2v) is 13.4. The van der Waals surface area contributed by atoms with Crippen LogP contribution in [0.3, 0.4) is 0 Å². The van der Waals surface area contributed by atoms with E-state index in [1.807, 2.05) is 0 Å². The molecule has 112 valence electrons. The molecule has 21 heavy (non-hydrogen) atoms. The van der Waals surface area contributed by atoms with Crippen molar-refractivity contribution in [3.63, 3.8) is 0 Å². The largest absolute Gasteiger partial charge is 0.395 e. The Bertz CT molecular complexity index is 523. The summed E-state index contributed by atoms with van der Waals surface area (Å²) in [6.07, 6.45) is 0. The van der Waals surface area contributed by atoms with E-state index in [2.05, 4.69) is 97.4 Å². The van der Waals surface area contributed by atoms with Crippen LogP contribution in [0.5, 0.6) is 0 Å². The maximum absolute atomic E-state index is 9.94. The van der Waals surface area contributed by atoms with Crippen molar-refractivity contribution in [2.45, 2.75) is 30.3 Å². The molecular formula is C18H23BrOSi. The molecule has 1 nitrogen and oxygen atoms in total. The van der Waals surface area contributed by atoms with Gasteiger partial charge in [0.2, 0.25) is 0 Å². The molecule has 0 fully saturated rings. The Hall–Kier alpha value is -0.903. The third kappa shape index (κ3) is 2.87. The molecule has 0 saturated heterocycles. The van der Waals surface area contributed by atoms with Crippen LogP contribution in [0.4, 0.5) is 0 Å². The van der Waals surface area contributed by atoms with Crippen molar-refractivity contribution < 1.29 is 5.11 Å². The molecule has 0 aliphatic rings. The fourth-order valence-electron chi connectivity index (χ4n) is 3.40. The van der Waals surface area contributed by atoms with E-state index in [9.17, 15) is 5.11 Å². The lowest BCUT2D eigenvalue weighted by Gasteiger charge is -2.46. The molecular weight excluding hydrogens is 340 g/mol. The molecule has 2 aromatic rings. The lowest BCUT2D eigenvalue weighted by atomic mass is 10.2. The van der Waals surface area contributed by atoms with E-state index in [1.54, 1.807) is 0 Å². The Labute approximate surface area is 137 Å². The first-order chi connectivity index (χ1) is 9.94. The van der Waals surface area contributed by atoms with Crippen LogP contribution in [0, 0.1) is 0 Å². The van der Waals surface area contributed by atoms with Crippen molar-refractivity contribution in [1.82, 2.24) is 0 Å². The van der Waals surface area contributed by atoms with Gasteiger partial charge in [0, 0.05) is 4.45 Å². The quantitative estimate of drug-likeness (QED) is 0.653. The minimum atomic E-state index is -2.19. The smallest absolute Gasteiger partial charge is 0.139 e. The topological polar surface area (TPSA) is 20.2 Å². The van der Waals surface area contributed by atoms with Gasteiger partial charge in [-0.1, -0.05) is 108 Å². The van der Waals surface area contributed by atoms with Gasteiger partial charge in [-0.05, 0) is 5.04 Å². The standard InChI is InChI=1S/C18H23BrOSi/c1-18(2,3)21(17(19)14-20,15-10-6-4-7-11-15)16-12-8-5-9-13-16/h4-13,17,20H,14H2,1-3H3. The molecule has 0 spiro atoms. The van der Waals surface area contributed by atoms with E-state index in [-0.39, 0.29) is 16.1 Å². The van der Waals surface area contributed by atoms with Gasteiger partial charge in [0.05, 0.1) is 6.61 Å². The lowest BCUT2D eigenvalue weighted by molar-refractivity contribution is 0.312. The summed E-state index contributed by atoms with van der Waals surface area (Å²) in [5.74, 6) is 0. The van der Waals surface area contributed by atoms with Crippen LogP contribution in [0.2, 0.25) is 5.04 Å². The predicted octanol–water partition coefficient (Wildman–Crippen LogP) is 3.34. The maximum atomic E-state index is 9.94. The third-order valence-corrected chi connectivity index (χ3v) is 12.6. The monoisotopic (exact) mass is 362 g/mol. The highest BCUT2D eigenvalue weighted by atomic mass is 79.9. The highest BCUT2D eigenvalue weighted by molar-refractivity contribution is 9.10. The summed E-state index contributed by atoms with van der Waals surface area (Å²) in [5.41, 5.74) is 0. The summed E-state index contributed by atoms with van der Waals surface area (Å²) >= 11 is 3.82. The minimum absolute atomic E-state index is 0.0760. The van der Waals surface area contributed by atoms with E-state index >= 15 is 0 Å². The van der Waals surface area contributed by atoms with Gasteiger partial charge in [-0.25, -0.2) is 0 Å². The molecule has 0 radical (unpaired) electrons. The molecule has 0 aromatic heterocycles. The Morgan fingerprint density at radius 2 is 1.29 bits per heavy atom. The molecule has 0 aliphatic carbocycles. The Morgan fingerprint density at radius 3 is 1.57 bits per heavy atom. The molecule has 2 aromatic carbocycles. The first kappa shape index (κ1) is 16.5. The number of hydrogen-bond donors (Lipinski definition) is 1. The summed E-state index contributed by atoms with van der Waals surface area (Å²) in [6.45, 7) is 7.03. The maximum Gasteiger partial charge on any atom is 0.139 e. The highest BCUT2D eigenvalue weighted by Gasteiger charge is 2.52. The second-order valence-electron chi connectivity index (χ2n) is 6.44. The van der Waals surface area contributed by atoms with Gasteiger partial charge >= 0.3 is 0 Å². The van der Waals surface area contributed by atoms with Crippen molar-refractivity contribution in [1.29, 1.82) is 0 Å². The molecule has 3 heteroatoms. The van der Waals surface area contributed by atoms with Crippen molar-refractivity contribution >= 4 is 34.4 Å².